The van der Waals surface area contributed by atoms with Crippen molar-refractivity contribution >= 4 is 11.0 Å². The van der Waals surface area contributed by atoms with Crippen molar-refractivity contribution in [1.29, 1.82) is 0 Å². The van der Waals surface area contributed by atoms with Crippen molar-refractivity contribution in [3.63, 3.8) is 0 Å². The van der Waals surface area contributed by atoms with E-state index in [-0.39, 0.29) is 43.6 Å². The van der Waals surface area contributed by atoms with Crippen molar-refractivity contribution in [3.8, 4) is 67.5 Å². The van der Waals surface area contributed by atoms with Gasteiger partial charge in [-0.05, 0) is 83.2 Å². The molecule has 56 heavy (non-hydrogen) atoms. The topological polar surface area (TPSA) is 50.9 Å². The SMILES string of the molecule is [2H]c1nc(-c2[c-]c(-c3cccc4c3nc(-c3ccccc3O)n4-c3ccc(CC(C)C)cc3-c3ccccc3)cc(C(C)(C)C)c2)cc(-c2c([2H])c([2H])c(C([2H])([2H])[2H])c([2H])c2[2H])c1[2H].[Pt]. The molecule has 0 radical (unpaired) electrons. The van der Waals surface area contributed by atoms with E-state index in [1.54, 1.807) is 12.1 Å². The predicted molar refractivity (Wildman–Crippen MR) is 229 cm³/mol. The molecule has 0 atom stereocenters. The van der Waals surface area contributed by atoms with Gasteiger partial charge in [-0.2, -0.15) is 0 Å². The molecule has 0 unspecified atom stereocenters. The van der Waals surface area contributed by atoms with E-state index in [1.165, 1.54) is 11.6 Å². The molecule has 4 nitrogen and oxygen atoms in total. The first-order valence-electron chi connectivity index (χ1n) is 22.9. The molecule has 6 aromatic carbocycles. The predicted octanol–water partition coefficient (Wildman–Crippen LogP) is 13.1. The Morgan fingerprint density at radius 3 is 2.21 bits per heavy atom. The third kappa shape index (κ3) is 7.77. The number of phenols is 1. The first kappa shape index (κ1) is 28.8. The largest absolute Gasteiger partial charge is 0.507 e. The molecule has 8 aromatic rings. The van der Waals surface area contributed by atoms with Crippen molar-refractivity contribution < 1.29 is 38.5 Å². The molecule has 282 valence electrons. The number of nitrogens with zero attached hydrogens (tertiary/aromatic N) is 3. The van der Waals surface area contributed by atoms with Crippen LogP contribution in [0.2, 0.25) is 0 Å². The van der Waals surface area contributed by atoms with E-state index in [4.69, 9.17) is 17.3 Å². The van der Waals surface area contributed by atoms with Crippen molar-refractivity contribution in [2.45, 2.75) is 53.3 Å². The van der Waals surface area contributed by atoms with E-state index in [0.29, 0.717) is 33.9 Å². The maximum absolute atomic E-state index is 11.4. The average molecular weight is 921 g/mol. The van der Waals surface area contributed by atoms with E-state index < -0.39 is 54.2 Å². The van der Waals surface area contributed by atoms with Gasteiger partial charge in [0.1, 0.15) is 11.6 Å². The minimum Gasteiger partial charge on any atom is -0.507 e. The van der Waals surface area contributed by atoms with Gasteiger partial charge in [-0.1, -0.05) is 142 Å². The van der Waals surface area contributed by atoms with Crippen LogP contribution in [0.1, 0.15) is 63.6 Å². The molecule has 0 saturated heterocycles. The third-order valence-corrected chi connectivity index (χ3v) is 9.70. The van der Waals surface area contributed by atoms with Crippen LogP contribution in [-0.2, 0) is 32.9 Å². The van der Waals surface area contributed by atoms with E-state index >= 15 is 0 Å². The van der Waals surface area contributed by atoms with Crippen LogP contribution in [-0.4, -0.2) is 19.6 Å². The zero-order valence-corrected chi connectivity index (χ0v) is 34.1. The first-order chi connectivity index (χ1) is 30.2. The standard InChI is InChI=1S/C51H46N3O.Pt/c1-33(2)27-35-21-24-46(44(28-35)37-13-8-7-9-14-37)54-47-17-12-16-42(49(47)53-50(54)43-15-10-11-18-48(43)55)39-29-40(31-41(30-39)51(4,5)6)45-32-38(25-26-52-45)36-22-19-34(3)20-23-36;/h7-26,28,30-33,55H,27H2,1-6H3;/q-1;/i3D3,19D,20D,22D,23D,25D,26D;. The van der Waals surface area contributed by atoms with Crippen molar-refractivity contribution in [3.05, 3.63) is 168 Å². The number of benzene rings is 6. The quantitative estimate of drug-likeness (QED) is 0.155. The van der Waals surface area contributed by atoms with E-state index in [1.807, 2.05) is 60.7 Å². The number of hydrogen-bond donors (Lipinski definition) is 1. The van der Waals surface area contributed by atoms with Crippen molar-refractivity contribution in [2.75, 3.05) is 0 Å². The molecule has 0 aliphatic heterocycles. The summed E-state index contributed by atoms with van der Waals surface area (Å²) in [7, 11) is 0. The van der Waals surface area contributed by atoms with Gasteiger partial charge in [-0.25, -0.2) is 4.98 Å². The Morgan fingerprint density at radius 2 is 1.48 bits per heavy atom. The number of phenolic OH excluding ortho intramolecular Hbond substituents is 1. The zero-order chi connectivity index (χ0) is 46.0. The summed E-state index contributed by atoms with van der Waals surface area (Å²) in [5.74, 6) is 1.05. The number of imidazole rings is 1. The Kier molecular flexibility index (Phi) is 8.16. The fourth-order valence-corrected chi connectivity index (χ4v) is 6.99. The zero-order valence-electron chi connectivity index (χ0n) is 40.8. The number of rotatable bonds is 8. The molecule has 0 aliphatic rings. The van der Waals surface area contributed by atoms with Crippen molar-refractivity contribution in [1.82, 2.24) is 14.5 Å². The molecule has 2 heterocycles. The third-order valence-electron chi connectivity index (χ3n) is 9.70. The Hall–Kier alpha value is -5.57. The molecule has 1 N–H and O–H groups in total. The van der Waals surface area contributed by atoms with Gasteiger partial charge in [0.15, 0.2) is 0 Å². The van der Waals surface area contributed by atoms with Crippen LogP contribution in [0.5, 0.6) is 5.75 Å². The summed E-state index contributed by atoms with van der Waals surface area (Å²) in [5, 5.41) is 11.4. The first-order valence-corrected chi connectivity index (χ1v) is 18.4. The second-order valence-corrected chi connectivity index (χ2v) is 15.3. The van der Waals surface area contributed by atoms with Crippen LogP contribution < -0.4 is 0 Å². The second-order valence-electron chi connectivity index (χ2n) is 15.3. The van der Waals surface area contributed by atoms with Gasteiger partial charge >= 0.3 is 0 Å². The van der Waals surface area contributed by atoms with Crippen LogP contribution in [0.25, 0.3) is 72.7 Å². The monoisotopic (exact) mass is 920 g/mol. The normalized spacial score (nSPS) is 14.1. The van der Waals surface area contributed by atoms with E-state index in [0.717, 1.165) is 39.9 Å². The summed E-state index contributed by atoms with van der Waals surface area (Å²) in [6, 6.07) is 35.5. The summed E-state index contributed by atoms with van der Waals surface area (Å²) < 4.78 is 77.9. The van der Waals surface area contributed by atoms with Crippen LogP contribution >= 0.6 is 0 Å². The van der Waals surface area contributed by atoms with Gasteiger partial charge in [0.25, 0.3) is 0 Å². The number of fused-ring (bicyclic) bond motifs is 1. The minimum atomic E-state index is -2.91. The van der Waals surface area contributed by atoms with Crippen LogP contribution in [0.4, 0.5) is 0 Å². The summed E-state index contributed by atoms with van der Waals surface area (Å²) in [4.78, 5) is 9.81. The Labute approximate surface area is 357 Å². The Bertz CT molecular complexity index is 3090. The Balaban J connectivity index is 0.00000630. The van der Waals surface area contributed by atoms with Gasteiger partial charge < -0.3 is 5.11 Å². The van der Waals surface area contributed by atoms with Gasteiger partial charge in [-0.3, -0.25) is 9.55 Å². The summed E-state index contributed by atoms with van der Waals surface area (Å²) in [6.45, 7) is 7.68. The number of para-hydroxylation sites is 2. The number of aromatic hydroxyl groups is 1. The van der Waals surface area contributed by atoms with Gasteiger partial charge in [-0.15, -0.1) is 29.3 Å². The van der Waals surface area contributed by atoms with Crippen LogP contribution in [0, 0.1) is 18.8 Å². The molecule has 0 aliphatic carbocycles. The Morgan fingerprint density at radius 1 is 0.750 bits per heavy atom. The fraction of sp³-hybridized carbons (Fsp3) is 0.176. The second kappa shape index (κ2) is 15.9. The summed E-state index contributed by atoms with van der Waals surface area (Å²) in [6.07, 6.45) is 0.427. The minimum absolute atomic E-state index is 0. The van der Waals surface area contributed by atoms with Gasteiger partial charge in [0.05, 0.1) is 30.5 Å². The van der Waals surface area contributed by atoms with Crippen LogP contribution in [0.15, 0.2) is 146 Å². The molecule has 0 bridgehead atoms. The molecule has 5 heteroatoms. The molecular formula is C51H46N3OPt-. The van der Waals surface area contributed by atoms with Crippen LogP contribution in [0.3, 0.4) is 0 Å². The van der Waals surface area contributed by atoms with Gasteiger partial charge in [0.2, 0.25) is 0 Å². The molecule has 2 aromatic heterocycles. The molecule has 8 rings (SSSR count). The molecular weight excluding hydrogens is 866 g/mol. The average Bonchev–Trinajstić information content (AvgIpc) is 3.63. The molecule has 0 saturated carbocycles. The summed E-state index contributed by atoms with van der Waals surface area (Å²) in [5.41, 5.74) is 7.43. The van der Waals surface area contributed by atoms with Gasteiger partial charge in [0, 0.05) is 42.6 Å². The maximum atomic E-state index is 11.4. The fourth-order valence-electron chi connectivity index (χ4n) is 6.99. The number of pyridine rings is 1. The van der Waals surface area contributed by atoms with E-state index in [2.05, 4.69) is 80.6 Å². The molecule has 0 fully saturated rings. The summed E-state index contributed by atoms with van der Waals surface area (Å²) >= 11 is 0. The molecule has 0 spiro atoms. The smallest absolute Gasteiger partial charge is 0.148 e. The number of hydrogen-bond acceptors (Lipinski definition) is 3. The number of aromatic nitrogens is 3. The van der Waals surface area contributed by atoms with Crippen molar-refractivity contribution in [2.24, 2.45) is 5.92 Å². The molecule has 0 amide bonds. The maximum Gasteiger partial charge on any atom is 0.148 e. The van der Waals surface area contributed by atoms with E-state index in [9.17, 15) is 5.11 Å².